The van der Waals surface area contributed by atoms with Gasteiger partial charge in [-0.2, -0.15) is 0 Å². The van der Waals surface area contributed by atoms with Gasteiger partial charge in [-0.15, -0.1) is 11.3 Å². The van der Waals surface area contributed by atoms with Crippen LogP contribution in [0.1, 0.15) is 31.7 Å². The largest absolute Gasteiger partial charge is 0.383 e. The van der Waals surface area contributed by atoms with Gasteiger partial charge >= 0.3 is 6.03 Å². The lowest BCUT2D eigenvalue weighted by Crippen LogP contribution is -2.57. The Balaban J connectivity index is 1.48. The molecule has 0 aliphatic carbocycles. The van der Waals surface area contributed by atoms with E-state index in [1.165, 1.54) is 9.60 Å². The van der Waals surface area contributed by atoms with Gasteiger partial charge in [-0.25, -0.2) is 9.78 Å². The number of aromatic nitrogens is 1. The summed E-state index contributed by atoms with van der Waals surface area (Å²) in [5.41, 5.74) is 0.312. The number of ether oxygens (including phenoxy) is 1. The Bertz CT molecular complexity index is 887. The molecule has 0 N–H and O–H groups in total. The zero-order valence-electron chi connectivity index (χ0n) is 18.0. The van der Waals surface area contributed by atoms with E-state index in [0.717, 1.165) is 30.2 Å². The molecule has 2 aliphatic heterocycles. The number of para-hydroxylation sites is 1. The average Bonchev–Trinajstić information content (AvgIpc) is 3.21. The highest BCUT2D eigenvalue weighted by atomic mass is 32.1. The molecule has 0 bridgehead atoms. The topological polar surface area (TPSA) is 66.0 Å². The van der Waals surface area contributed by atoms with Gasteiger partial charge in [0.1, 0.15) is 10.5 Å². The lowest BCUT2D eigenvalue weighted by Gasteiger charge is -2.42. The molecule has 30 heavy (non-hydrogen) atoms. The van der Waals surface area contributed by atoms with Crippen LogP contribution >= 0.6 is 11.3 Å². The Morgan fingerprint density at radius 2 is 1.93 bits per heavy atom. The minimum Gasteiger partial charge on any atom is -0.383 e. The van der Waals surface area contributed by atoms with Crippen LogP contribution in [0, 0.1) is 5.92 Å². The average molecular weight is 431 g/mol. The van der Waals surface area contributed by atoms with Crippen molar-refractivity contribution < 1.29 is 14.3 Å². The summed E-state index contributed by atoms with van der Waals surface area (Å²) in [7, 11) is 1.63. The van der Waals surface area contributed by atoms with E-state index < -0.39 is 5.54 Å². The number of carbonyl (C=O) groups is 2. The van der Waals surface area contributed by atoms with Crippen LogP contribution in [-0.2, 0) is 16.1 Å². The summed E-state index contributed by atoms with van der Waals surface area (Å²) in [4.78, 5) is 36.8. The molecule has 1 spiro atoms. The van der Waals surface area contributed by atoms with Crippen molar-refractivity contribution in [2.75, 3.05) is 39.9 Å². The summed E-state index contributed by atoms with van der Waals surface area (Å²) in [6.07, 6.45) is 1.31. The highest BCUT2D eigenvalue weighted by Crippen LogP contribution is 2.38. The second kappa shape index (κ2) is 8.61. The quantitative estimate of drug-likeness (QED) is 0.631. The second-order valence-electron chi connectivity index (χ2n) is 8.62. The number of rotatable bonds is 7. The van der Waals surface area contributed by atoms with Crippen molar-refractivity contribution in [3.8, 4) is 0 Å². The molecule has 2 saturated heterocycles. The normalized spacial score (nSPS) is 19.7. The number of methoxy groups -OCH3 is 1. The van der Waals surface area contributed by atoms with Gasteiger partial charge in [0.05, 0.1) is 23.4 Å². The molecule has 1 aromatic carbocycles. The molecule has 7 nitrogen and oxygen atoms in total. The number of piperidine rings is 1. The smallest absolute Gasteiger partial charge is 0.327 e. The number of hydrogen-bond donors (Lipinski definition) is 0. The van der Waals surface area contributed by atoms with Crippen LogP contribution in [-0.4, -0.2) is 77.1 Å². The number of thiazole rings is 1. The van der Waals surface area contributed by atoms with Crippen molar-refractivity contribution in [3.05, 3.63) is 29.3 Å². The van der Waals surface area contributed by atoms with Gasteiger partial charge in [0, 0.05) is 33.3 Å². The molecule has 0 saturated carbocycles. The number of urea groups is 1. The number of hydrogen-bond acceptors (Lipinski definition) is 6. The fourth-order valence-electron chi connectivity index (χ4n) is 4.54. The summed E-state index contributed by atoms with van der Waals surface area (Å²) in [5.74, 6) is 0.216. The maximum Gasteiger partial charge on any atom is 0.327 e. The number of nitrogens with zero attached hydrogens (tertiary/aromatic N) is 4. The Morgan fingerprint density at radius 3 is 2.60 bits per heavy atom. The van der Waals surface area contributed by atoms with Crippen molar-refractivity contribution >= 4 is 33.5 Å². The standard InChI is InChI=1S/C22H30N4O3S/c1-16(2)14-25-20(27)22(26(21(25)28)12-13-29-3)8-10-24(11-9-22)15-19-23-17-6-4-5-7-18(17)30-19/h4-7,16H,8-15H2,1-3H3. The zero-order chi connectivity index (χ0) is 21.3. The first-order valence-corrected chi connectivity index (χ1v) is 11.5. The van der Waals surface area contributed by atoms with E-state index in [1.54, 1.807) is 23.3 Å². The van der Waals surface area contributed by atoms with E-state index in [2.05, 4.69) is 11.0 Å². The molecule has 3 amide bonds. The first kappa shape index (κ1) is 21.2. The third-order valence-electron chi connectivity index (χ3n) is 6.07. The summed E-state index contributed by atoms with van der Waals surface area (Å²) in [5, 5.41) is 1.10. The Labute approximate surface area is 181 Å². The predicted octanol–water partition coefficient (Wildman–Crippen LogP) is 3.20. The molecule has 0 unspecified atom stereocenters. The van der Waals surface area contributed by atoms with Gasteiger partial charge in [0.2, 0.25) is 0 Å². The molecule has 162 valence electrons. The highest BCUT2D eigenvalue weighted by Gasteiger charge is 2.57. The molecule has 3 heterocycles. The molecule has 1 aromatic heterocycles. The monoisotopic (exact) mass is 430 g/mol. The molecular formula is C22H30N4O3S. The first-order valence-electron chi connectivity index (χ1n) is 10.6. The first-order chi connectivity index (χ1) is 14.4. The highest BCUT2D eigenvalue weighted by molar-refractivity contribution is 7.18. The van der Waals surface area contributed by atoms with E-state index in [0.29, 0.717) is 32.5 Å². The van der Waals surface area contributed by atoms with Crippen LogP contribution in [0.4, 0.5) is 4.79 Å². The second-order valence-corrected chi connectivity index (χ2v) is 9.73. The Morgan fingerprint density at radius 1 is 1.20 bits per heavy atom. The van der Waals surface area contributed by atoms with Crippen LogP contribution in [0.25, 0.3) is 10.2 Å². The summed E-state index contributed by atoms with van der Waals surface area (Å²) >= 11 is 1.73. The molecule has 2 fully saturated rings. The van der Waals surface area contributed by atoms with Crippen LogP contribution in [0.3, 0.4) is 0 Å². The molecule has 2 aliphatic rings. The van der Waals surface area contributed by atoms with Gasteiger partial charge in [-0.3, -0.25) is 14.6 Å². The van der Waals surface area contributed by atoms with Crippen molar-refractivity contribution in [1.82, 2.24) is 19.7 Å². The lowest BCUT2D eigenvalue weighted by atomic mass is 9.85. The zero-order valence-corrected chi connectivity index (χ0v) is 18.8. The van der Waals surface area contributed by atoms with E-state index in [1.807, 2.05) is 32.0 Å². The minimum atomic E-state index is -0.728. The number of benzene rings is 1. The van der Waals surface area contributed by atoms with Crippen LogP contribution in [0.5, 0.6) is 0 Å². The maximum absolute atomic E-state index is 13.4. The van der Waals surface area contributed by atoms with Gasteiger partial charge < -0.3 is 9.64 Å². The molecule has 4 rings (SSSR count). The fourth-order valence-corrected chi connectivity index (χ4v) is 5.55. The number of fused-ring (bicyclic) bond motifs is 1. The summed E-state index contributed by atoms with van der Waals surface area (Å²) < 4.78 is 6.43. The van der Waals surface area contributed by atoms with Gasteiger partial charge in [-0.1, -0.05) is 26.0 Å². The van der Waals surface area contributed by atoms with E-state index in [9.17, 15) is 9.59 Å². The number of imide groups is 1. The summed E-state index contributed by atoms with van der Waals surface area (Å²) in [6, 6.07) is 8.03. The van der Waals surface area contributed by atoms with Gasteiger partial charge in [-0.05, 0) is 30.9 Å². The third-order valence-corrected chi connectivity index (χ3v) is 7.09. The number of amides is 3. The van der Waals surface area contributed by atoms with Gasteiger partial charge in [0.15, 0.2) is 0 Å². The molecular weight excluding hydrogens is 400 g/mol. The van der Waals surface area contributed by atoms with Crippen LogP contribution in [0.15, 0.2) is 24.3 Å². The Kier molecular flexibility index (Phi) is 6.09. The number of likely N-dealkylation sites (tertiary alicyclic amines) is 1. The fraction of sp³-hybridized carbons (Fsp3) is 0.591. The maximum atomic E-state index is 13.4. The van der Waals surface area contributed by atoms with Crippen molar-refractivity contribution in [2.24, 2.45) is 5.92 Å². The molecule has 8 heteroatoms. The SMILES string of the molecule is COCCN1C(=O)N(CC(C)C)C(=O)C12CCN(Cc1nc3ccccc3s1)CC2. The minimum absolute atomic E-state index is 0.0306. The molecule has 0 radical (unpaired) electrons. The Hall–Kier alpha value is -2.03. The molecule has 0 atom stereocenters. The predicted molar refractivity (Wildman–Crippen MR) is 117 cm³/mol. The molecule has 2 aromatic rings. The van der Waals surface area contributed by atoms with Crippen molar-refractivity contribution in [2.45, 2.75) is 38.8 Å². The van der Waals surface area contributed by atoms with E-state index >= 15 is 0 Å². The van der Waals surface area contributed by atoms with Gasteiger partial charge in [0.25, 0.3) is 5.91 Å². The van der Waals surface area contributed by atoms with Crippen LogP contribution in [0.2, 0.25) is 0 Å². The third kappa shape index (κ3) is 3.84. The lowest BCUT2D eigenvalue weighted by molar-refractivity contribution is -0.136. The van der Waals surface area contributed by atoms with E-state index in [4.69, 9.17) is 9.72 Å². The van der Waals surface area contributed by atoms with E-state index in [-0.39, 0.29) is 17.9 Å². The summed E-state index contributed by atoms with van der Waals surface area (Å²) in [6.45, 7) is 7.75. The van der Waals surface area contributed by atoms with Crippen molar-refractivity contribution in [1.29, 1.82) is 0 Å². The number of carbonyl (C=O) groups excluding carboxylic acids is 2. The van der Waals surface area contributed by atoms with Crippen LogP contribution < -0.4 is 0 Å². The van der Waals surface area contributed by atoms with Crippen molar-refractivity contribution in [3.63, 3.8) is 0 Å².